The SMILES string of the molecule is COC(C)[C@H]1CC[C@H]2N1[C@@H](C)C=C(I)C1=CC(=O)O[C@@]12C. The summed E-state index contributed by atoms with van der Waals surface area (Å²) in [5.74, 6) is -0.215. The van der Waals surface area contributed by atoms with Crippen molar-refractivity contribution in [3.63, 3.8) is 0 Å². The van der Waals surface area contributed by atoms with Crippen LogP contribution in [0.3, 0.4) is 0 Å². The Morgan fingerprint density at radius 1 is 1.52 bits per heavy atom. The first-order valence-electron chi connectivity index (χ1n) is 7.51. The van der Waals surface area contributed by atoms with E-state index < -0.39 is 5.60 Å². The van der Waals surface area contributed by atoms with Crippen molar-refractivity contribution < 1.29 is 14.3 Å². The van der Waals surface area contributed by atoms with E-state index in [1.165, 1.54) is 0 Å². The Bertz CT molecular complexity index is 530. The fraction of sp³-hybridized carbons (Fsp3) is 0.688. The van der Waals surface area contributed by atoms with E-state index >= 15 is 0 Å². The fourth-order valence-corrected chi connectivity index (χ4v) is 5.35. The lowest BCUT2D eigenvalue weighted by atomic mass is 9.87. The van der Waals surface area contributed by atoms with Crippen molar-refractivity contribution in [1.82, 2.24) is 4.90 Å². The lowest BCUT2D eigenvalue weighted by Crippen LogP contribution is -2.54. The maximum atomic E-state index is 11.8. The Morgan fingerprint density at radius 2 is 2.24 bits per heavy atom. The second-order valence-corrected chi connectivity index (χ2v) is 7.55. The van der Waals surface area contributed by atoms with Crippen molar-refractivity contribution in [2.45, 2.75) is 63.4 Å². The van der Waals surface area contributed by atoms with E-state index in [0.29, 0.717) is 12.1 Å². The summed E-state index contributed by atoms with van der Waals surface area (Å²) in [5.41, 5.74) is 0.509. The van der Waals surface area contributed by atoms with Gasteiger partial charge in [-0.15, -0.1) is 0 Å². The normalized spacial score (nSPS) is 40.8. The van der Waals surface area contributed by atoms with Gasteiger partial charge < -0.3 is 9.47 Å². The van der Waals surface area contributed by atoms with Gasteiger partial charge in [-0.05, 0) is 56.2 Å². The first-order chi connectivity index (χ1) is 9.88. The molecular weight excluding hydrogens is 381 g/mol. The first-order valence-corrected chi connectivity index (χ1v) is 8.59. The molecule has 3 rings (SSSR count). The quantitative estimate of drug-likeness (QED) is 0.525. The van der Waals surface area contributed by atoms with Crippen LogP contribution in [0.25, 0.3) is 0 Å². The Balaban J connectivity index is 2.05. The standard InChI is InChI=1S/C16H22INO3/c1-9-7-12(17)11-8-15(19)21-16(11,3)14-6-5-13(18(9)14)10(2)20-4/h7-10,13-14H,5-6H2,1-4H3/t9-,10?,13+,14+,16-/m0/s1. The van der Waals surface area contributed by atoms with E-state index in [2.05, 4.69) is 54.3 Å². The van der Waals surface area contributed by atoms with Crippen LogP contribution >= 0.6 is 22.6 Å². The van der Waals surface area contributed by atoms with Gasteiger partial charge in [0.05, 0.1) is 12.1 Å². The maximum Gasteiger partial charge on any atom is 0.332 e. The molecule has 5 heteroatoms. The Labute approximate surface area is 139 Å². The smallest absolute Gasteiger partial charge is 0.332 e. The van der Waals surface area contributed by atoms with Crippen molar-refractivity contribution in [1.29, 1.82) is 0 Å². The van der Waals surface area contributed by atoms with Crippen LogP contribution in [-0.2, 0) is 14.3 Å². The summed E-state index contributed by atoms with van der Waals surface area (Å²) in [6.45, 7) is 6.41. The van der Waals surface area contributed by atoms with E-state index in [-0.39, 0.29) is 18.1 Å². The molecule has 3 aliphatic heterocycles. The summed E-state index contributed by atoms with van der Waals surface area (Å²) in [7, 11) is 1.77. The number of esters is 1. The molecule has 0 aromatic heterocycles. The summed E-state index contributed by atoms with van der Waals surface area (Å²) in [4.78, 5) is 14.3. The molecule has 0 amide bonds. The molecule has 1 saturated heterocycles. The fourth-order valence-electron chi connectivity index (χ4n) is 4.13. The van der Waals surface area contributed by atoms with E-state index in [1.807, 2.05) is 0 Å². The molecule has 5 atom stereocenters. The summed E-state index contributed by atoms with van der Waals surface area (Å²) in [6, 6.07) is 0.899. The highest BCUT2D eigenvalue weighted by molar-refractivity contribution is 14.1. The Kier molecular flexibility index (Phi) is 3.95. The van der Waals surface area contributed by atoms with Gasteiger partial charge in [-0.3, -0.25) is 4.90 Å². The van der Waals surface area contributed by atoms with Gasteiger partial charge >= 0.3 is 5.97 Å². The predicted octanol–water partition coefficient (Wildman–Crippen LogP) is 2.82. The highest BCUT2D eigenvalue weighted by Gasteiger charge is 2.55. The minimum Gasteiger partial charge on any atom is -0.450 e. The highest BCUT2D eigenvalue weighted by Crippen LogP contribution is 2.48. The largest absolute Gasteiger partial charge is 0.450 e. The number of hydrogen-bond donors (Lipinski definition) is 0. The van der Waals surface area contributed by atoms with Crippen LogP contribution in [0, 0.1) is 0 Å². The molecule has 4 nitrogen and oxygen atoms in total. The monoisotopic (exact) mass is 403 g/mol. The lowest BCUT2D eigenvalue weighted by Gasteiger charge is -2.41. The molecule has 3 aliphatic rings. The van der Waals surface area contributed by atoms with E-state index in [4.69, 9.17) is 9.47 Å². The number of fused-ring (bicyclic) bond motifs is 3. The second kappa shape index (κ2) is 5.35. The number of methoxy groups -OCH3 is 1. The van der Waals surface area contributed by atoms with Crippen molar-refractivity contribution in [3.8, 4) is 0 Å². The molecule has 0 radical (unpaired) electrons. The highest BCUT2D eigenvalue weighted by atomic mass is 127. The molecule has 0 bridgehead atoms. The zero-order chi connectivity index (χ0) is 15.4. The summed E-state index contributed by atoms with van der Waals surface area (Å²) < 4.78 is 12.5. The molecule has 0 N–H and O–H groups in total. The van der Waals surface area contributed by atoms with Crippen LogP contribution < -0.4 is 0 Å². The average molecular weight is 403 g/mol. The molecule has 0 spiro atoms. The van der Waals surface area contributed by atoms with Crippen LogP contribution in [0.5, 0.6) is 0 Å². The molecule has 1 fully saturated rings. The maximum absolute atomic E-state index is 11.8. The van der Waals surface area contributed by atoms with Gasteiger partial charge in [-0.25, -0.2) is 4.79 Å². The number of carbonyl (C=O) groups is 1. The molecular formula is C16H22INO3. The van der Waals surface area contributed by atoms with Crippen molar-refractivity contribution in [3.05, 3.63) is 21.3 Å². The van der Waals surface area contributed by atoms with Gasteiger partial charge in [0.15, 0.2) is 5.60 Å². The van der Waals surface area contributed by atoms with Gasteiger partial charge in [-0.2, -0.15) is 0 Å². The molecule has 0 saturated carbocycles. The molecule has 1 unspecified atom stereocenters. The number of halogens is 1. The molecule has 0 aromatic carbocycles. The summed E-state index contributed by atoms with van der Waals surface area (Å²) in [6.07, 6.45) is 6.19. The van der Waals surface area contributed by atoms with Gasteiger partial charge in [-0.1, -0.05) is 6.08 Å². The van der Waals surface area contributed by atoms with E-state index in [1.54, 1.807) is 13.2 Å². The van der Waals surface area contributed by atoms with Crippen LogP contribution in [0.1, 0.15) is 33.6 Å². The van der Waals surface area contributed by atoms with Gasteiger partial charge in [0.2, 0.25) is 0 Å². The number of nitrogens with zero attached hydrogens (tertiary/aromatic N) is 1. The number of hydrogen-bond acceptors (Lipinski definition) is 4. The minimum atomic E-state index is -0.531. The first kappa shape index (κ1) is 15.5. The van der Waals surface area contributed by atoms with Crippen molar-refractivity contribution >= 4 is 28.6 Å². The van der Waals surface area contributed by atoms with Crippen LogP contribution in [0.4, 0.5) is 0 Å². The topological polar surface area (TPSA) is 38.8 Å². The van der Waals surface area contributed by atoms with Gasteiger partial charge in [0.1, 0.15) is 0 Å². The Morgan fingerprint density at radius 3 is 2.90 bits per heavy atom. The predicted molar refractivity (Wildman–Crippen MR) is 89.3 cm³/mol. The third kappa shape index (κ3) is 2.28. The molecule has 116 valence electrons. The second-order valence-electron chi connectivity index (χ2n) is 6.39. The summed E-state index contributed by atoms with van der Waals surface area (Å²) >= 11 is 2.33. The van der Waals surface area contributed by atoms with Crippen LogP contribution in [0.2, 0.25) is 0 Å². The minimum absolute atomic E-state index is 0.176. The zero-order valence-corrected chi connectivity index (χ0v) is 15.1. The number of carbonyl (C=O) groups excluding carboxylic acids is 1. The zero-order valence-electron chi connectivity index (χ0n) is 12.9. The molecule has 3 heterocycles. The molecule has 0 aromatic rings. The third-order valence-corrected chi connectivity index (χ3v) is 6.19. The molecule has 21 heavy (non-hydrogen) atoms. The number of rotatable bonds is 2. The third-order valence-electron chi connectivity index (χ3n) is 5.25. The molecule has 0 aliphatic carbocycles. The van der Waals surface area contributed by atoms with Crippen molar-refractivity contribution in [2.24, 2.45) is 0 Å². The van der Waals surface area contributed by atoms with Crippen LogP contribution in [0.15, 0.2) is 21.3 Å². The van der Waals surface area contributed by atoms with E-state index in [0.717, 1.165) is 22.0 Å². The van der Waals surface area contributed by atoms with Gasteiger partial charge in [0.25, 0.3) is 0 Å². The van der Waals surface area contributed by atoms with Gasteiger partial charge in [0, 0.05) is 34.4 Å². The number of ether oxygens (including phenoxy) is 2. The van der Waals surface area contributed by atoms with Crippen LogP contribution in [-0.4, -0.2) is 47.8 Å². The lowest BCUT2D eigenvalue weighted by molar-refractivity contribution is -0.150. The van der Waals surface area contributed by atoms with Crippen molar-refractivity contribution in [2.75, 3.05) is 7.11 Å². The Hall–Kier alpha value is -0.400. The average Bonchev–Trinajstić information content (AvgIpc) is 2.98. The van der Waals surface area contributed by atoms with E-state index in [9.17, 15) is 4.79 Å². The summed E-state index contributed by atoms with van der Waals surface area (Å²) in [5, 5.41) is 0.